The molecule has 0 spiro atoms. The number of anilines is 1. The lowest BCUT2D eigenvalue weighted by molar-refractivity contribution is 0.0927. The molecule has 2 aromatic carbocycles. The van der Waals surface area contributed by atoms with Gasteiger partial charge in [0.15, 0.2) is 11.6 Å². The Morgan fingerprint density at radius 3 is 2.25 bits per heavy atom. The van der Waals surface area contributed by atoms with Gasteiger partial charge in [0.05, 0.1) is 22.4 Å². The van der Waals surface area contributed by atoms with E-state index in [1.807, 2.05) is 16.7 Å². The molecule has 0 saturated heterocycles. The molecule has 0 N–H and O–H groups in total. The summed E-state index contributed by atoms with van der Waals surface area (Å²) in [4.78, 5) is 4.02. The van der Waals surface area contributed by atoms with E-state index in [4.69, 9.17) is 39.5 Å². The van der Waals surface area contributed by atoms with Crippen molar-refractivity contribution in [3.05, 3.63) is 74.0 Å². The minimum atomic E-state index is -0.868. The van der Waals surface area contributed by atoms with Crippen LogP contribution in [-0.4, -0.2) is 25.4 Å². The summed E-state index contributed by atoms with van der Waals surface area (Å²) in [5, 5.41) is 1.33. The smallest absolute Gasteiger partial charge is 0.159 e. The van der Waals surface area contributed by atoms with Gasteiger partial charge >= 0.3 is 0 Å². The molecule has 3 rings (SSSR count). The topological polar surface area (TPSA) is 15.7 Å². The number of halogens is 5. The fraction of sp³-hybridized carbons (Fsp3) is 0.300. The number of allylic oxidation sites excluding steroid dienone is 2. The van der Waals surface area contributed by atoms with Crippen LogP contribution in [0.4, 0.5) is 14.5 Å². The van der Waals surface area contributed by atoms with Crippen molar-refractivity contribution in [1.82, 2.24) is 4.90 Å². The number of rotatable bonds is 6. The Balaban J connectivity index is 2.05. The van der Waals surface area contributed by atoms with E-state index in [2.05, 4.69) is 0 Å². The summed E-state index contributed by atoms with van der Waals surface area (Å²) in [6, 6.07) is 7.22. The summed E-state index contributed by atoms with van der Waals surface area (Å²) in [7, 11) is 1.60. The third-order valence-electron chi connectivity index (χ3n) is 4.58. The maximum absolute atomic E-state index is 13.7. The van der Waals surface area contributed by atoms with E-state index in [9.17, 15) is 8.78 Å². The molecule has 0 unspecified atom stereocenters. The van der Waals surface area contributed by atoms with Crippen molar-refractivity contribution in [2.75, 3.05) is 25.4 Å². The molecule has 3 nitrogen and oxygen atoms in total. The molecular weight excluding hydrogens is 429 g/mol. The molecule has 0 amide bonds. The zero-order chi connectivity index (χ0) is 20.4. The van der Waals surface area contributed by atoms with E-state index in [1.165, 1.54) is 6.07 Å². The van der Waals surface area contributed by atoms with Crippen molar-refractivity contribution in [2.45, 2.75) is 19.8 Å². The van der Waals surface area contributed by atoms with Crippen LogP contribution in [0.15, 0.2) is 41.7 Å². The number of nitrogens with zero attached hydrogens (tertiary/aromatic N) is 2. The Hall–Kier alpha value is -1.53. The van der Waals surface area contributed by atoms with Crippen LogP contribution in [0.3, 0.4) is 0 Å². The van der Waals surface area contributed by atoms with Gasteiger partial charge in [-0.05, 0) is 36.2 Å². The Morgan fingerprint density at radius 1 is 1.00 bits per heavy atom. The molecule has 0 aliphatic carbocycles. The molecular formula is C20H19Cl3F2N2O. The van der Waals surface area contributed by atoms with Crippen molar-refractivity contribution in [3.63, 3.8) is 0 Å². The van der Waals surface area contributed by atoms with E-state index < -0.39 is 11.6 Å². The molecule has 1 heterocycles. The third kappa shape index (κ3) is 4.23. The van der Waals surface area contributed by atoms with Crippen LogP contribution in [0.5, 0.6) is 0 Å². The summed E-state index contributed by atoms with van der Waals surface area (Å²) >= 11 is 18.9. The second kappa shape index (κ2) is 8.87. The van der Waals surface area contributed by atoms with Crippen molar-refractivity contribution in [2.24, 2.45) is 0 Å². The van der Waals surface area contributed by atoms with E-state index in [0.29, 0.717) is 52.6 Å². The minimum absolute atomic E-state index is 0.335. The maximum atomic E-state index is 13.7. The van der Waals surface area contributed by atoms with Gasteiger partial charge in [-0.25, -0.2) is 8.78 Å². The first-order valence-electron chi connectivity index (χ1n) is 8.67. The van der Waals surface area contributed by atoms with Crippen LogP contribution in [0.25, 0.3) is 0 Å². The molecule has 28 heavy (non-hydrogen) atoms. The van der Waals surface area contributed by atoms with E-state index in [0.717, 1.165) is 17.5 Å². The Morgan fingerprint density at radius 2 is 1.68 bits per heavy atom. The molecule has 0 radical (unpaired) electrons. The highest BCUT2D eigenvalue weighted by Gasteiger charge is 2.31. The molecule has 0 saturated carbocycles. The third-order valence-corrected chi connectivity index (χ3v) is 5.37. The molecule has 2 aromatic rings. The zero-order valence-corrected chi connectivity index (χ0v) is 17.7. The molecule has 0 aromatic heterocycles. The van der Waals surface area contributed by atoms with Crippen molar-refractivity contribution >= 4 is 40.5 Å². The highest BCUT2D eigenvalue weighted by Crippen LogP contribution is 2.42. The largest absolute Gasteiger partial charge is 0.364 e. The molecule has 0 atom stereocenters. The predicted octanol–water partition coefficient (Wildman–Crippen LogP) is 6.47. The minimum Gasteiger partial charge on any atom is -0.364 e. The molecule has 1 aliphatic rings. The Labute approximate surface area is 178 Å². The number of ether oxygens (including phenoxy) is 1. The first kappa shape index (κ1) is 21.2. The van der Waals surface area contributed by atoms with Crippen molar-refractivity contribution < 1.29 is 13.5 Å². The Bertz CT molecular complexity index is 897. The van der Waals surface area contributed by atoms with Crippen LogP contribution in [0.1, 0.15) is 18.9 Å². The van der Waals surface area contributed by atoms with Crippen LogP contribution >= 0.6 is 34.8 Å². The number of hydrogen-bond acceptors (Lipinski definition) is 3. The average molecular weight is 448 g/mol. The normalized spacial score (nSPS) is 14.4. The highest BCUT2D eigenvalue weighted by molar-refractivity contribution is 6.41. The Kier molecular flexibility index (Phi) is 6.71. The summed E-state index contributed by atoms with van der Waals surface area (Å²) in [5.74, 6) is -1.73. The SMILES string of the molecule is CCC1=C(Cc2ccc(F)c(F)c2)N(COC)CN1c1c(Cl)cc(Cl)cc1Cl. The highest BCUT2D eigenvalue weighted by atomic mass is 35.5. The molecule has 150 valence electrons. The molecule has 8 heteroatoms. The van der Waals surface area contributed by atoms with E-state index >= 15 is 0 Å². The fourth-order valence-electron chi connectivity index (χ4n) is 3.40. The average Bonchev–Trinajstić information content (AvgIpc) is 2.94. The lowest BCUT2D eigenvalue weighted by atomic mass is 10.1. The second-order valence-electron chi connectivity index (χ2n) is 6.42. The fourth-order valence-corrected chi connectivity index (χ4v) is 4.43. The van der Waals surface area contributed by atoms with Gasteiger partial charge in [0.1, 0.15) is 6.73 Å². The first-order valence-corrected chi connectivity index (χ1v) is 9.81. The van der Waals surface area contributed by atoms with Gasteiger partial charge < -0.3 is 14.5 Å². The van der Waals surface area contributed by atoms with Gasteiger partial charge in [0.2, 0.25) is 0 Å². The van der Waals surface area contributed by atoms with Crippen molar-refractivity contribution in [1.29, 1.82) is 0 Å². The van der Waals surface area contributed by atoms with E-state index in [1.54, 1.807) is 25.3 Å². The zero-order valence-electron chi connectivity index (χ0n) is 15.4. The molecule has 0 bridgehead atoms. The van der Waals surface area contributed by atoms with E-state index in [-0.39, 0.29) is 0 Å². The summed E-state index contributed by atoms with van der Waals surface area (Å²) in [6.07, 6.45) is 1.11. The number of benzene rings is 2. The molecule has 1 aliphatic heterocycles. The molecule has 0 fully saturated rings. The lowest BCUT2D eigenvalue weighted by Gasteiger charge is -2.25. The first-order chi connectivity index (χ1) is 13.3. The van der Waals surface area contributed by atoms with Crippen LogP contribution < -0.4 is 4.90 Å². The van der Waals surface area contributed by atoms with Gasteiger partial charge in [-0.1, -0.05) is 47.8 Å². The van der Waals surface area contributed by atoms with Crippen LogP contribution in [0, 0.1) is 11.6 Å². The summed E-state index contributed by atoms with van der Waals surface area (Å²) in [5.41, 5.74) is 3.24. The second-order valence-corrected chi connectivity index (χ2v) is 7.67. The monoisotopic (exact) mass is 446 g/mol. The number of methoxy groups -OCH3 is 1. The summed E-state index contributed by atoms with van der Waals surface area (Å²) < 4.78 is 32.3. The number of hydrogen-bond donors (Lipinski definition) is 0. The standard InChI is InChI=1S/C20H19Cl3F2N2O/c1-3-18-19(7-12-4-5-16(24)17(25)6-12)26(11-28-2)10-27(18)20-14(22)8-13(21)9-15(20)23/h4-6,8-9H,3,7,10-11H2,1-2H3. The van der Waals surface area contributed by atoms with Crippen LogP contribution in [-0.2, 0) is 11.2 Å². The summed E-state index contributed by atoms with van der Waals surface area (Å²) in [6.45, 7) is 2.82. The van der Waals surface area contributed by atoms with Gasteiger partial charge in [-0.3, -0.25) is 0 Å². The van der Waals surface area contributed by atoms with Crippen molar-refractivity contribution in [3.8, 4) is 0 Å². The van der Waals surface area contributed by atoms with Gasteiger partial charge in [0, 0.05) is 29.9 Å². The predicted molar refractivity (Wildman–Crippen MR) is 110 cm³/mol. The van der Waals surface area contributed by atoms with Gasteiger partial charge in [0.25, 0.3) is 0 Å². The van der Waals surface area contributed by atoms with Crippen LogP contribution in [0.2, 0.25) is 15.1 Å². The maximum Gasteiger partial charge on any atom is 0.159 e. The quantitative estimate of drug-likeness (QED) is 0.504. The van der Waals surface area contributed by atoms with Gasteiger partial charge in [-0.2, -0.15) is 0 Å². The lowest BCUT2D eigenvalue weighted by Crippen LogP contribution is -2.30. The van der Waals surface area contributed by atoms with Gasteiger partial charge in [-0.15, -0.1) is 0 Å².